The molecule has 1 aromatic heterocycles. The maximum absolute atomic E-state index is 12.6. The minimum atomic E-state index is -0.624. The van der Waals surface area contributed by atoms with Crippen molar-refractivity contribution in [3.8, 4) is 6.07 Å². The normalized spacial score (nSPS) is 16.7. The lowest BCUT2D eigenvalue weighted by Gasteiger charge is -2.41. The van der Waals surface area contributed by atoms with Gasteiger partial charge in [0.2, 0.25) is 0 Å². The highest BCUT2D eigenvalue weighted by atomic mass is 32.2. The molecular weight excluding hydrogens is 408 g/mol. The number of ether oxygens (including phenoxy) is 2. The molecule has 2 N–H and O–H groups in total. The van der Waals surface area contributed by atoms with Crippen molar-refractivity contribution in [1.82, 2.24) is 14.9 Å². The van der Waals surface area contributed by atoms with Gasteiger partial charge in [-0.15, -0.1) is 0 Å². The quantitative estimate of drug-likeness (QED) is 0.415. The van der Waals surface area contributed by atoms with Crippen molar-refractivity contribution in [2.24, 2.45) is 0 Å². The summed E-state index contributed by atoms with van der Waals surface area (Å²) < 4.78 is 10.5. The van der Waals surface area contributed by atoms with Gasteiger partial charge in [0.25, 0.3) is 0 Å². The van der Waals surface area contributed by atoms with Crippen LogP contribution in [0.3, 0.4) is 0 Å². The Morgan fingerprint density at radius 2 is 2.03 bits per heavy atom. The number of nitrogens with zero attached hydrogens (tertiary/aromatic N) is 5. The first-order valence-electron chi connectivity index (χ1n) is 9.51. The Balaban J connectivity index is 2.28. The van der Waals surface area contributed by atoms with Gasteiger partial charge in [-0.2, -0.15) is 5.26 Å². The summed E-state index contributed by atoms with van der Waals surface area (Å²) in [7, 11) is 0. The number of amides is 1. The van der Waals surface area contributed by atoms with E-state index in [1.165, 1.54) is 18.7 Å². The molecule has 0 bridgehead atoms. The van der Waals surface area contributed by atoms with Gasteiger partial charge in [-0.05, 0) is 27.0 Å². The standard InChI is InChI=1S/C19H28N6O4S/c1-12(26)28-11-14-15(21)16(23-17(22-14)30-5)24-8-9-25(13(10-24)6-7-20)18(27)29-19(2,3)4/h13H,6,8-11,21H2,1-5H3. The van der Waals surface area contributed by atoms with Gasteiger partial charge in [-0.3, -0.25) is 4.79 Å². The summed E-state index contributed by atoms with van der Waals surface area (Å²) in [6.07, 6.45) is 1.54. The van der Waals surface area contributed by atoms with Crippen molar-refractivity contribution in [2.75, 3.05) is 36.5 Å². The van der Waals surface area contributed by atoms with Gasteiger partial charge >= 0.3 is 12.1 Å². The first kappa shape index (κ1) is 23.5. The second-order valence-electron chi connectivity index (χ2n) is 7.81. The highest BCUT2D eigenvalue weighted by Crippen LogP contribution is 2.29. The summed E-state index contributed by atoms with van der Waals surface area (Å²) >= 11 is 1.35. The molecule has 1 amide bonds. The summed E-state index contributed by atoms with van der Waals surface area (Å²) in [5, 5.41) is 9.75. The maximum Gasteiger partial charge on any atom is 0.410 e. The number of nitrogen functional groups attached to an aromatic ring is 1. The monoisotopic (exact) mass is 436 g/mol. The van der Waals surface area contributed by atoms with E-state index in [1.807, 2.05) is 11.2 Å². The van der Waals surface area contributed by atoms with Crippen LogP contribution in [-0.4, -0.2) is 64.5 Å². The minimum Gasteiger partial charge on any atom is -0.459 e. The highest BCUT2D eigenvalue weighted by molar-refractivity contribution is 7.98. The zero-order valence-corrected chi connectivity index (χ0v) is 18.8. The molecule has 164 valence electrons. The molecule has 11 heteroatoms. The number of carbonyl (C=O) groups excluding carboxylic acids is 2. The number of nitrogens with two attached hydrogens (primary N) is 1. The van der Waals surface area contributed by atoms with Gasteiger partial charge in [0.1, 0.15) is 23.6 Å². The summed E-state index contributed by atoms with van der Waals surface area (Å²) in [5.41, 5.74) is 6.40. The molecule has 0 aliphatic carbocycles. The fourth-order valence-corrected chi connectivity index (χ4v) is 3.36. The van der Waals surface area contributed by atoms with E-state index in [1.54, 1.807) is 25.7 Å². The molecule has 1 atom stereocenters. The predicted octanol–water partition coefficient (Wildman–Crippen LogP) is 2.18. The lowest BCUT2D eigenvalue weighted by molar-refractivity contribution is -0.142. The lowest BCUT2D eigenvalue weighted by atomic mass is 10.1. The van der Waals surface area contributed by atoms with Crippen LogP contribution in [0, 0.1) is 11.3 Å². The highest BCUT2D eigenvalue weighted by Gasteiger charge is 2.34. The van der Waals surface area contributed by atoms with E-state index >= 15 is 0 Å². The predicted molar refractivity (Wildman–Crippen MR) is 113 cm³/mol. The topological polar surface area (TPSA) is 135 Å². The number of esters is 1. The molecule has 2 rings (SSSR count). The third-order valence-electron chi connectivity index (χ3n) is 4.32. The van der Waals surface area contributed by atoms with Gasteiger partial charge < -0.3 is 25.0 Å². The Labute approximate surface area is 180 Å². The molecule has 0 aromatic carbocycles. The Bertz CT molecular complexity index is 836. The number of aromatic nitrogens is 2. The zero-order chi connectivity index (χ0) is 22.5. The van der Waals surface area contributed by atoms with Crippen LogP contribution < -0.4 is 10.6 Å². The molecule has 0 saturated carbocycles. The summed E-state index contributed by atoms with van der Waals surface area (Å²) in [6.45, 7) is 7.86. The molecule has 1 aliphatic rings. The number of thioether (sulfide) groups is 1. The van der Waals surface area contributed by atoms with Gasteiger partial charge in [0.05, 0.1) is 18.5 Å². The number of nitriles is 1. The number of piperazine rings is 1. The Hall–Kier alpha value is -2.74. The van der Waals surface area contributed by atoms with Crippen molar-refractivity contribution >= 4 is 35.3 Å². The summed E-state index contributed by atoms with van der Waals surface area (Å²) in [4.78, 5) is 36.1. The molecule has 10 nitrogen and oxygen atoms in total. The van der Waals surface area contributed by atoms with Crippen molar-refractivity contribution in [2.45, 2.75) is 57.5 Å². The molecule has 1 unspecified atom stereocenters. The van der Waals surface area contributed by atoms with E-state index in [4.69, 9.17) is 15.2 Å². The molecule has 30 heavy (non-hydrogen) atoms. The van der Waals surface area contributed by atoms with E-state index in [-0.39, 0.29) is 19.1 Å². The van der Waals surface area contributed by atoms with Crippen LogP contribution in [-0.2, 0) is 20.9 Å². The number of hydrogen-bond acceptors (Lipinski definition) is 10. The van der Waals surface area contributed by atoms with Crippen molar-refractivity contribution < 1.29 is 19.1 Å². The lowest BCUT2D eigenvalue weighted by Crippen LogP contribution is -2.56. The molecule has 1 aromatic rings. The second kappa shape index (κ2) is 9.84. The first-order chi connectivity index (χ1) is 14.1. The van der Waals surface area contributed by atoms with Gasteiger partial charge in [0, 0.05) is 26.6 Å². The van der Waals surface area contributed by atoms with Crippen LogP contribution in [0.2, 0.25) is 0 Å². The molecular formula is C19H28N6O4S. The Morgan fingerprint density at radius 1 is 1.33 bits per heavy atom. The van der Waals surface area contributed by atoms with Gasteiger partial charge in [-0.1, -0.05) is 11.8 Å². The molecule has 1 aliphatic heterocycles. The maximum atomic E-state index is 12.6. The van der Waals surface area contributed by atoms with Crippen LogP contribution in [0.1, 0.15) is 39.8 Å². The Kier molecular flexibility index (Phi) is 7.72. The van der Waals surface area contributed by atoms with Gasteiger partial charge in [0.15, 0.2) is 11.0 Å². The van der Waals surface area contributed by atoms with E-state index in [0.29, 0.717) is 42.0 Å². The molecule has 1 fully saturated rings. The third-order valence-corrected chi connectivity index (χ3v) is 4.86. The first-order valence-corrected chi connectivity index (χ1v) is 10.7. The third kappa shape index (κ3) is 6.13. The van der Waals surface area contributed by atoms with E-state index in [9.17, 15) is 14.9 Å². The van der Waals surface area contributed by atoms with E-state index in [0.717, 1.165) is 0 Å². The average Bonchev–Trinajstić information content (AvgIpc) is 2.66. The van der Waals surface area contributed by atoms with Crippen molar-refractivity contribution in [3.05, 3.63) is 5.69 Å². The van der Waals surface area contributed by atoms with Gasteiger partial charge in [-0.25, -0.2) is 14.8 Å². The summed E-state index contributed by atoms with van der Waals surface area (Å²) in [6, 6.07) is 1.76. The Morgan fingerprint density at radius 3 is 2.60 bits per heavy atom. The number of hydrogen-bond donors (Lipinski definition) is 1. The smallest absolute Gasteiger partial charge is 0.410 e. The van der Waals surface area contributed by atoms with Crippen molar-refractivity contribution in [3.63, 3.8) is 0 Å². The number of rotatable bonds is 5. The zero-order valence-electron chi connectivity index (χ0n) is 18.0. The second-order valence-corrected chi connectivity index (χ2v) is 8.58. The molecule has 0 spiro atoms. The SMILES string of the molecule is CSc1nc(COC(C)=O)c(N)c(N2CCN(C(=O)OC(C)(C)C)C(CC#N)C2)n1. The molecule has 1 saturated heterocycles. The van der Waals surface area contributed by atoms with Crippen LogP contribution in [0.5, 0.6) is 0 Å². The fourth-order valence-electron chi connectivity index (χ4n) is 2.98. The van der Waals surface area contributed by atoms with Crippen LogP contribution in [0.4, 0.5) is 16.3 Å². The van der Waals surface area contributed by atoms with Crippen LogP contribution >= 0.6 is 11.8 Å². The number of carbonyl (C=O) groups is 2. The minimum absolute atomic E-state index is 0.0518. The van der Waals surface area contributed by atoms with E-state index < -0.39 is 17.7 Å². The van der Waals surface area contributed by atoms with Crippen molar-refractivity contribution in [1.29, 1.82) is 5.26 Å². The molecule has 0 radical (unpaired) electrons. The average molecular weight is 437 g/mol. The summed E-state index contributed by atoms with van der Waals surface area (Å²) in [5.74, 6) is 0.0728. The molecule has 2 heterocycles. The van der Waals surface area contributed by atoms with E-state index in [2.05, 4.69) is 16.0 Å². The largest absolute Gasteiger partial charge is 0.459 e. The van der Waals surface area contributed by atoms with Crippen LogP contribution in [0.25, 0.3) is 0 Å². The number of anilines is 2. The van der Waals surface area contributed by atoms with Crippen LogP contribution in [0.15, 0.2) is 5.16 Å². The fraction of sp³-hybridized carbons (Fsp3) is 0.632.